The van der Waals surface area contributed by atoms with Crippen LogP contribution in [0.25, 0.3) is 11.0 Å². The number of hydrogen-bond donors (Lipinski definition) is 4. The van der Waals surface area contributed by atoms with E-state index < -0.39 is 50.6 Å². The molecule has 14 nitrogen and oxygen atoms in total. The fraction of sp³-hybridized carbons (Fsp3) is 0.381. The first kappa shape index (κ1) is 27.6. The summed E-state index contributed by atoms with van der Waals surface area (Å²) >= 11 is 0. The topological polar surface area (TPSA) is 192 Å². The summed E-state index contributed by atoms with van der Waals surface area (Å²) in [5.41, 5.74) is 0.115. The third-order valence-electron chi connectivity index (χ3n) is 5.51. The van der Waals surface area contributed by atoms with Crippen LogP contribution in [-0.4, -0.2) is 62.4 Å². The average molecular weight is 561 g/mol. The minimum Gasteiger partial charge on any atom is -0.497 e. The summed E-state index contributed by atoms with van der Waals surface area (Å²) in [5.74, 6) is -3.42. The molecule has 0 aliphatic carbocycles. The van der Waals surface area contributed by atoms with Crippen LogP contribution >= 0.6 is 7.82 Å². The van der Waals surface area contributed by atoms with E-state index in [1.54, 1.807) is 18.2 Å². The van der Waals surface area contributed by atoms with Crippen LogP contribution in [0.3, 0.4) is 0 Å². The predicted octanol–water partition coefficient (Wildman–Crippen LogP) is 2.06. The minimum atomic E-state index is -5.03. The zero-order valence-electron chi connectivity index (χ0n) is 19.7. The smallest absolute Gasteiger partial charge is 0.469 e. The number of halogens is 2. The van der Waals surface area contributed by atoms with Gasteiger partial charge in [-0.1, -0.05) is 0 Å². The van der Waals surface area contributed by atoms with Crippen LogP contribution in [0.4, 0.5) is 19.4 Å². The number of rotatable bonds is 8. The number of ether oxygens (including phenoxy) is 3. The first-order chi connectivity index (χ1) is 17.8. The number of methoxy groups -OCH3 is 1. The summed E-state index contributed by atoms with van der Waals surface area (Å²) < 4.78 is 65.2. The van der Waals surface area contributed by atoms with Crippen molar-refractivity contribution in [2.45, 2.75) is 37.9 Å². The number of phosphoric acid groups is 1. The van der Waals surface area contributed by atoms with Gasteiger partial charge in [0.15, 0.2) is 12.7 Å². The van der Waals surface area contributed by atoms with Crippen molar-refractivity contribution in [1.82, 2.24) is 9.55 Å². The summed E-state index contributed by atoms with van der Waals surface area (Å²) in [5, 5.41) is 12.7. The molecule has 1 unspecified atom stereocenters. The number of carbonyl (C=O) groups excluding carboxylic acids is 1. The molecule has 0 bridgehead atoms. The summed E-state index contributed by atoms with van der Waals surface area (Å²) in [6.07, 6.45) is -6.94. The Labute approximate surface area is 211 Å². The largest absolute Gasteiger partial charge is 0.497 e. The van der Waals surface area contributed by atoms with Crippen molar-refractivity contribution in [3.8, 4) is 5.75 Å². The highest BCUT2D eigenvalue weighted by Crippen LogP contribution is 2.44. The van der Waals surface area contributed by atoms with E-state index >= 15 is 0 Å². The molecule has 4 N–H and O–H groups in total. The normalized spacial score (nSPS) is 21.0. The lowest BCUT2D eigenvalue weighted by molar-refractivity contribution is -0.140. The standard InChI is InChI=1S/C21H22F2N3O11P/c1-10-5-12(33-2)6-11-7-13(36-16(10)11)8-34-20(29)25-15-3-4-26(19(28)24-15)18-21(22,23)17(27)14(37-18)9-35-38(30,31)32/h3-7,14,17-18,27H,8-9H2,1-2H3,(H2,30,31,32)(H,24,25,28,29)/t14-,17-,18?/m1/s1. The van der Waals surface area contributed by atoms with Crippen molar-refractivity contribution in [2.24, 2.45) is 0 Å². The van der Waals surface area contributed by atoms with Gasteiger partial charge in [-0.25, -0.2) is 14.2 Å². The SMILES string of the molecule is COc1cc(C)c2oc(COC(=O)Nc3ccn(C4O[C@H](COP(=O)(O)O)[C@@H](O)C4(F)F)c(=O)n3)cc2c1. The van der Waals surface area contributed by atoms with E-state index in [0.717, 1.165) is 23.2 Å². The van der Waals surface area contributed by atoms with Crippen molar-refractivity contribution >= 4 is 30.7 Å². The van der Waals surface area contributed by atoms with E-state index in [4.69, 9.17) is 28.4 Å². The van der Waals surface area contributed by atoms with Crippen molar-refractivity contribution < 1.29 is 56.2 Å². The van der Waals surface area contributed by atoms with Crippen LogP contribution in [0.5, 0.6) is 5.75 Å². The summed E-state index contributed by atoms with van der Waals surface area (Å²) in [7, 11) is -3.50. The molecule has 0 saturated carbocycles. The third-order valence-corrected chi connectivity index (χ3v) is 5.99. The lowest BCUT2D eigenvalue weighted by atomic mass is 10.1. The molecule has 0 radical (unpaired) electrons. The van der Waals surface area contributed by atoms with Gasteiger partial charge < -0.3 is 33.5 Å². The number of fused-ring (bicyclic) bond motifs is 1. The van der Waals surface area contributed by atoms with Gasteiger partial charge in [-0.3, -0.25) is 14.4 Å². The second-order valence-corrected chi connectivity index (χ2v) is 9.45. The van der Waals surface area contributed by atoms with Crippen LogP contribution in [0.2, 0.25) is 0 Å². The second-order valence-electron chi connectivity index (χ2n) is 8.21. The molecule has 3 heterocycles. The number of aromatic nitrogens is 2. The highest BCUT2D eigenvalue weighted by Gasteiger charge is 2.60. The molecule has 206 valence electrons. The number of benzene rings is 1. The van der Waals surface area contributed by atoms with E-state index in [1.807, 2.05) is 6.92 Å². The second kappa shape index (κ2) is 10.4. The number of carbonyl (C=O) groups is 1. The third kappa shape index (κ3) is 5.85. The molecule has 1 aromatic carbocycles. The molecule has 1 amide bonds. The molecule has 0 spiro atoms. The molecule has 1 fully saturated rings. The zero-order valence-corrected chi connectivity index (χ0v) is 20.6. The number of phosphoric ester groups is 1. The van der Waals surface area contributed by atoms with Gasteiger partial charge in [0, 0.05) is 11.6 Å². The number of hydrogen-bond acceptors (Lipinski definition) is 10. The Morgan fingerprint density at radius 3 is 2.71 bits per heavy atom. The fourth-order valence-electron chi connectivity index (χ4n) is 3.75. The summed E-state index contributed by atoms with van der Waals surface area (Å²) in [6.45, 7) is 0.490. The number of alkyl halides is 2. The van der Waals surface area contributed by atoms with Crippen molar-refractivity contribution in [3.05, 3.63) is 52.3 Å². The number of nitrogens with zero attached hydrogens (tertiary/aromatic N) is 2. The predicted molar refractivity (Wildman–Crippen MR) is 123 cm³/mol. The monoisotopic (exact) mass is 561 g/mol. The molecule has 3 aromatic rings. The maximum absolute atomic E-state index is 14.5. The Kier molecular flexibility index (Phi) is 7.56. The molecule has 1 aliphatic heterocycles. The van der Waals surface area contributed by atoms with E-state index in [0.29, 0.717) is 21.7 Å². The van der Waals surface area contributed by atoms with Crippen LogP contribution in [0.15, 0.2) is 39.7 Å². The molecule has 2 aromatic heterocycles. The van der Waals surface area contributed by atoms with Crippen LogP contribution in [0, 0.1) is 6.92 Å². The lowest BCUT2D eigenvalue weighted by Gasteiger charge is -2.21. The Morgan fingerprint density at radius 2 is 2.05 bits per heavy atom. The van der Waals surface area contributed by atoms with E-state index in [9.17, 15) is 28.0 Å². The van der Waals surface area contributed by atoms with Gasteiger partial charge in [-0.05, 0) is 36.8 Å². The highest BCUT2D eigenvalue weighted by molar-refractivity contribution is 7.46. The minimum absolute atomic E-state index is 0.266. The Bertz CT molecular complexity index is 1450. The van der Waals surface area contributed by atoms with Crippen LogP contribution < -0.4 is 15.7 Å². The molecule has 1 aliphatic rings. The Balaban J connectivity index is 1.40. The first-order valence-electron chi connectivity index (χ1n) is 10.8. The molecular formula is C21H22F2N3O11P. The Hall–Kier alpha value is -3.40. The number of aryl methyl sites for hydroxylation is 1. The van der Waals surface area contributed by atoms with Crippen LogP contribution in [0.1, 0.15) is 17.6 Å². The zero-order chi connectivity index (χ0) is 27.8. The first-order valence-corrected chi connectivity index (χ1v) is 12.3. The molecule has 3 atom stereocenters. The summed E-state index contributed by atoms with van der Waals surface area (Å²) in [6, 6.07) is 6.19. The molecule has 4 rings (SSSR count). The number of furan rings is 1. The van der Waals surface area contributed by atoms with Gasteiger partial charge in [-0.2, -0.15) is 13.8 Å². The number of aliphatic hydroxyl groups is 1. The van der Waals surface area contributed by atoms with Crippen molar-refractivity contribution in [3.63, 3.8) is 0 Å². The highest BCUT2D eigenvalue weighted by atomic mass is 31.2. The van der Waals surface area contributed by atoms with Gasteiger partial charge >= 0.3 is 25.5 Å². The average Bonchev–Trinajstić information content (AvgIpc) is 3.35. The van der Waals surface area contributed by atoms with Gasteiger partial charge in [-0.15, -0.1) is 0 Å². The molecule has 17 heteroatoms. The maximum Gasteiger partial charge on any atom is 0.469 e. The lowest BCUT2D eigenvalue weighted by Crippen LogP contribution is -2.42. The van der Waals surface area contributed by atoms with Crippen molar-refractivity contribution in [2.75, 3.05) is 19.0 Å². The number of nitrogens with one attached hydrogen (secondary N) is 1. The van der Waals surface area contributed by atoms with Crippen molar-refractivity contribution in [1.29, 1.82) is 0 Å². The maximum atomic E-state index is 14.5. The molecule has 38 heavy (non-hydrogen) atoms. The number of aliphatic hydroxyl groups excluding tert-OH is 1. The van der Waals surface area contributed by atoms with E-state index in [1.165, 1.54) is 7.11 Å². The fourth-order valence-corrected chi connectivity index (χ4v) is 4.09. The van der Waals surface area contributed by atoms with E-state index in [-0.39, 0.29) is 12.4 Å². The number of amides is 1. The van der Waals surface area contributed by atoms with E-state index in [2.05, 4.69) is 14.8 Å². The quantitative estimate of drug-likeness (QED) is 0.293. The van der Waals surface area contributed by atoms with Gasteiger partial charge in [0.1, 0.15) is 29.0 Å². The van der Waals surface area contributed by atoms with Crippen LogP contribution in [-0.2, 0) is 25.2 Å². The van der Waals surface area contributed by atoms with Gasteiger partial charge in [0.25, 0.3) is 0 Å². The van der Waals surface area contributed by atoms with Gasteiger partial charge in [0.2, 0.25) is 6.23 Å². The molecule has 1 saturated heterocycles. The Morgan fingerprint density at radius 1 is 1.32 bits per heavy atom. The van der Waals surface area contributed by atoms with Gasteiger partial charge in [0.05, 0.1) is 13.7 Å². The number of anilines is 1. The molecular weight excluding hydrogens is 539 g/mol. The summed E-state index contributed by atoms with van der Waals surface area (Å²) in [4.78, 5) is 45.5.